The topological polar surface area (TPSA) is 55.4 Å². The minimum absolute atomic E-state index is 0.101. The second kappa shape index (κ2) is 6.68. The minimum atomic E-state index is -3.20. The molecule has 1 heterocycles. The maximum absolute atomic E-state index is 12.1. The van der Waals surface area contributed by atoms with E-state index in [9.17, 15) is 8.42 Å². The fraction of sp³-hybridized carbons (Fsp3) is 1.00. The van der Waals surface area contributed by atoms with Crippen LogP contribution in [0.5, 0.6) is 0 Å². The molecule has 2 rings (SSSR count). The lowest BCUT2D eigenvalue weighted by molar-refractivity contribution is 0.127. The van der Waals surface area contributed by atoms with Crippen LogP contribution < -0.4 is 4.72 Å². The van der Waals surface area contributed by atoms with Gasteiger partial charge in [0.1, 0.15) is 0 Å². The Morgan fingerprint density at radius 3 is 2.61 bits per heavy atom. The van der Waals surface area contributed by atoms with E-state index < -0.39 is 10.0 Å². The quantitative estimate of drug-likeness (QED) is 0.780. The molecule has 4 nitrogen and oxygen atoms in total. The van der Waals surface area contributed by atoms with Crippen LogP contribution in [0.15, 0.2) is 0 Å². The molecule has 2 aliphatic rings. The van der Waals surface area contributed by atoms with Crippen molar-refractivity contribution in [2.75, 3.05) is 17.7 Å². The van der Waals surface area contributed by atoms with Crippen molar-refractivity contribution in [3.8, 4) is 0 Å². The largest absolute Gasteiger partial charge is 0.377 e. The van der Waals surface area contributed by atoms with Gasteiger partial charge in [0, 0.05) is 18.0 Å². The Kier molecular flexibility index (Phi) is 5.47. The van der Waals surface area contributed by atoms with Gasteiger partial charge in [0.2, 0.25) is 10.0 Å². The first-order chi connectivity index (χ1) is 8.61. The van der Waals surface area contributed by atoms with E-state index in [0.29, 0.717) is 12.5 Å². The third kappa shape index (κ3) is 4.18. The zero-order valence-electron chi connectivity index (χ0n) is 10.6. The molecule has 3 atom stereocenters. The molecule has 1 saturated heterocycles. The van der Waals surface area contributed by atoms with Crippen molar-refractivity contribution < 1.29 is 13.2 Å². The first-order valence-corrected chi connectivity index (χ1v) is 9.55. The summed E-state index contributed by atoms with van der Waals surface area (Å²) >= 11 is 3.49. The second-order valence-electron chi connectivity index (χ2n) is 5.34. The molecule has 6 heteroatoms. The van der Waals surface area contributed by atoms with Gasteiger partial charge in [-0.1, -0.05) is 28.8 Å². The van der Waals surface area contributed by atoms with Gasteiger partial charge in [0.25, 0.3) is 0 Å². The van der Waals surface area contributed by atoms with Crippen molar-refractivity contribution in [2.24, 2.45) is 5.92 Å². The first kappa shape index (κ1) is 14.8. The van der Waals surface area contributed by atoms with Crippen LogP contribution in [0.3, 0.4) is 0 Å². The summed E-state index contributed by atoms with van der Waals surface area (Å²) in [6.45, 7) is 0.702. The predicted molar refractivity (Wildman–Crippen MR) is 75.4 cm³/mol. The molecular weight excluding hydrogens is 318 g/mol. The van der Waals surface area contributed by atoms with E-state index in [0.717, 1.165) is 37.4 Å². The summed E-state index contributed by atoms with van der Waals surface area (Å²) in [4.78, 5) is 0. The van der Waals surface area contributed by atoms with E-state index in [2.05, 4.69) is 20.7 Å². The fourth-order valence-electron chi connectivity index (χ4n) is 2.85. The van der Waals surface area contributed by atoms with Crippen molar-refractivity contribution in [1.82, 2.24) is 4.72 Å². The molecule has 2 fully saturated rings. The average molecular weight is 340 g/mol. The van der Waals surface area contributed by atoms with E-state index in [-0.39, 0.29) is 17.9 Å². The van der Waals surface area contributed by atoms with Gasteiger partial charge in [-0.15, -0.1) is 0 Å². The van der Waals surface area contributed by atoms with Crippen molar-refractivity contribution in [1.29, 1.82) is 0 Å². The van der Waals surface area contributed by atoms with Crippen molar-refractivity contribution in [3.05, 3.63) is 0 Å². The van der Waals surface area contributed by atoms with Crippen molar-refractivity contribution >= 4 is 26.0 Å². The van der Waals surface area contributed by atoms with Gasteiger partial charge in [0.15, 0.2) is 0 Å². The van der Waals surface area contributed by atoms with Gasteiger partial charge in [-0.05, 0) is 31.6 Å². The Hall–Kier alpha value is 0.350. The number of hydrogen-bond donors (Lipinski definition) is 1. The summed E-state index contributed by atoms with van der Waals surface area (Å²) in [6.07, 6.45) is 6.14. The molecular formula is C12H22BrNO3S. The highest BCUT2D eigenvalue weighted by atomic mass is 79.9. The summed E-state index contributed by atoms with van der Waals surface area (Å²) in [5, 5.41) is 0.875. The Labute approximate surface area is 118 Å². The third-order valence-corrected chi connectivity index (χ3v) is 6.17. The molecule has 0 aromatic heterocycles. The monoisotopic (exact) mass is 339 g/mol. The van der Waals surface area contributed by atoms with E-state index in [1.165, 1.54) is 6.42 Å². The summed E-state index contributed by atoms with van der Waals surface area (Å²) < 4.78 is 32.5. The van der Waals surface area contributed by atoms with Crippen LogP contribution in [0.25, 0.3) is 0 Å². The van der Waals surface area contributed by atoms with Crippen LogP contribution in [0.1, 0.15) is 38.5 Å². The third-order valence-electron chi connectivity index (χ3n) is 3.87. The van der Waals surface area contributed by atoms with Gasteiger partial charge < -0.3 is 4.74 Å². The molecule has 0 amide bonds. The Morgan fingerprint density at radius 1 is 1.17 bits per heavy atom. The molecule has 106 valence electrons. The van der Waals surface area contributed by atoms with Gasteiger partial charge in [0.05, 0.1) is 11.9 Å². The zero-order chi connectivity index (χ0) is 13.0. The van der Waals surface area contributed by atoms with Crippen molar-refractivity contribution in [2.45, 2.75) is 50.7 Å². The number of alkyl halides is 1. The summed E-state index contributed by atoms with van der Waals surface area (Å²) in [6, 6.07) is 0.101. The smallest absolute Gasteiger partial charge is 0.214 e. The number of halogens is 1. The first-order valence-electron chi connectivity index (χ1n) is 6.78. The minimum Gasteiger partial charge on any atom is -0.377 e. The lowest BCUT2D eigenvalue weighted by Gasteiger charge is -2.31. The number of ether oxygens (including phenoxy) is 1. The van der Waals surface area contributed by atoms with Crippen LogP contribution in [0.2, 0.25) is 0 Å². The van der Waals surface area contributed by atoms with Gasteiger partial charge in [-0.2, -0.15) is 0 Å². The molecule has 0 spiro atoms. The number of hydrogen-bond acceptors (Lipinski definition) is 3. The lowest BCUT2D eigenvalue weighted by atomic mass is 9.87. The summed E-state index contributed by atoms with van der Waals surface area (Å²) in [7, 11) is -3.20. The fourth-order valence-corrected chi connectivity index (χ4v) is 5.24. The highest BCUT2D eigenvalue weighted by Crippen LogP contribution is 2.26. The van der Waals surface area contributed by atoms with E-state index in [1.54, 1.807) is 0 Å². The number of sulfonamides is 1. The van der Waals surface area contributed by atoms with Gasteiger partial charge in [-0.3, -0.25) is 0 Å². The molecule has 1 aliphatic carbocycles. The molecule has 18 heavy (non-hydrogen) atoms. The Bertz CT molecular complexity index is 354. The maximum Gasteiger partial charge on any atom is 0.214 e. The second-order valence-corrected chi connectivity index (χ2v) is 7.79. The highest BCUT2D eigenvalue weighted by Gasteiger charge is 2.30. The standard InChI is InChI=1S/C12H22BrNO3S/c13-8-10-4-1-2-6-12(10)14-18(15,16)9-11-5-3-7-17-11/h10-12,14H,1-9H2. The van der Waals surface area contributed by atoms with Crippen LogP contribution in [0.4, 0.5) is 0 Å². The summed E-state index contributed by atoms with van der Waals surface area (Å²) in [5.41, 5.74) is 0. The molecule has 1 aliphatic heterocycles. The molecule has 1 saturated carbocycles. The summed E-state index contributed by atoms with van der Waals surface area (Å²) in [5.74, 6) is 0.552. The van der Waals surface area contributed by atoms with Gasteiger partial charge >= 0.3 is 0 Å². The zero-order valence-corrected chi connectivity index (χ0v) is 13.0. The van der Waals surface area contributed by atoms with Crippen LogP contribution >= 0.6 is 15.9 Å². The van der Waals surface area contributed by atoms with Crippen molar-refractivity contribution in [3.63, 3.8) is 0 Å². The predicted octanol–water partition coefficient (Wildman–Crippen LogP) is 2.04. The Morgan fingerprint density at radius 2 is 1.94 bits per heavy atom. The lowest BCUT2D eigenvalue weighted by Crippen LogP contribution is -2.45. The van der Waals surface area contributed by atoms with Crippen LogP contribution in [-0.2, 0) is 14.8 Å². The average Bonchev–Trinajstić information content (AvgIpc) is 2.81. The maximum atomic E-state index is 12.1. The highest BCUT2D eigenvalue weighted by molar-refractivity contribution is 9.09. The molecule has 0 radical (unpaired) electrons. The SMILES string of the molecule is O=S(=O)(CC1CCCO1)NC1CCCCC1CBr. The van der Waals surface area contributed by atoms with E-state index >= 15 is 0 Å². The van der Waals surface area contributed by atoms with Crippen LogP contribution in [-0.4, -0.2) is 38.3 Å². The number of nitrogens with one attached hydrogen (secondary N) is 1. The molecule has 0 bridgehead atoms. The normalized spacial score (nSPS) is 33.7. The van der Waals surface area contributed by atoms with E-state index in [4.69, 9.17) is 4.74 Å². The molecule has 0 aromatic rings. The molecule has 3 unspecified atom stereocenters. The van der Waals surface area contributed by atoms with Crippen LogP contribution in [0, 0.1) is 5.92 Å². The molecule has 1 N–H and O–H groups in total. The Balaban J connectivity index is 1.89. The number of rotatable bonds is 5. The van der Waals surface area contributed by atoms with E-state index in [1.807, 2.05) is 0 Å². The van der Waals surface area contributed by atoms with Gasteiger partial charge in [-0.25, -0.2) is 13.1 Å². The molecule has 0 aromatic carbocycles.